The normalized spacial score (nSPS) is 19.5. The lowest BCUT2D eigenvalue weighted by atomic mass is 9.85. The maximum atomic E-state index is 13.8. The number of imidazole rings is 1. The van der Waals surface area contributed by atoms with Gasteiger partial charge in [-0.05, 0) is 83.0 Å². The molecule has 6 rings (SSSR count). The number of benzene rings is 1. The largest absolute Gasteiger partial charge is 0.353 e. The molecular formula is C31H36ClN7O2. The van der Waals surface area contributed by atoms with Crippen molar-refractivity contribution < 1.29 is 4.79 Å². The van der Waals surface area contributed by atoms with Crippen molar-refractivity contribution in [2.45, 2.75) is 51.2 Å². The molecular weight excluding hydrogens is 538 g/mol. The van der Waals surface area contributed by atoms with E-state index in [1.165, 1.54) is 0 Å². The molecule has 1 N–H and O–H groups in total. The number of nitrogens with zero attached hydrogens (tertiary/aromatic N) is 6. The fraction of sp³-hybridized carbons (Fsp3) is 0.419. The third-order valence-corrected chi connectivity index (χ3v) is 8.87. The van der Waals surface area contributed by atoms with Crippen LogP contribution in [0.3, 0.4) is 0 Å². The molecule has 0 atom stereocenters. The first-order valence-corrected chi connectivity index (χ1v) is 14.7. The highest BCUT2D eigenvalue weighted by Crippen LogP contribution is 2.28. The minimum absolute atomic E-state index is 0.0447. The Balaban J connectivity index is 1.14. The highest BCUT2D eigenvalue weighted by Gasteiger charge is 2.29. The van der Waals surface area contributed by atoms with E-state index in [-0.39, 0.29) is 17.6 Å². The average Bonchev–Trinajstić information content (AvgIpc) is 3.21. The Kier molecular flexibility index (Phi) is 7.57. The van der Waals surface area contributed by atoms with Crippen LogP contribution in [0.1, 0.15) is 41.7 Å². The maximum absolute atomic E-state index is 13.8. The minimum atomic E-state index is -0.133. The van der Waals surface area contributed by atoms with Gasteiger partial charge < -0.3 is 15.1 Å². The molecule has 41 heavy (non-hydrogen) atoms. The number of aromatic nitrogens is 4. The van der Waals surface area contributed by atoms with Gasteiger partial charge in [-0.3, -0.25) is 18.9 Å². The van der Waals surface area contributed by atoms with Gasteiger partial charge in [0.2, 0.25) is 0 Å². The molecule has 2 fully saturated rings. The van der Waals surface area contributed by atoms with Crippen LogP contribution in [0.15, 0.2) is 59.7 Å². The number of para-hydroxylation sites is 2. The van der Waals surface area contributed by atoms with Crippen molar-refractivity contribution in [3.05, 3.63) is 81.6 Å². The molecule has 1 saturated heterocycles. The summed E-state index contributed by atoms with van der Waals surface area (Å²) in [6, 6.07) is 14.3. The van der Waals surface area contributed by atoms with E-state index in [0.717, 1.165) is 61.3 Å². The van der Waals surface area contributed by atoms with Crippen LogP contribution in [-0.4, -0.2) is 69.2 Å². The Hall–Kier alpha value is -3.69. The zero-order valence-electron chi connectivity index (χ0n) is 23.8. The Bertz CT molecular complexity index is 1610. The number of anilines is 1. The van der Waals surface area contributed by atoms with E-state index in [2.05, 4.69) is 34.2 Å². The average molecular weight is 574 g/mol. The fourth-order valence-electron chi connectivity index (χ4n) is 6.05. The topological polar surface area (TPSA) is 88.3 Å². The predicted octanol–water partition coefficient (Wildman–Crippen LogP) is 4.28. The standard InChI is InChI=1S/C31H36ClN7O2/c1-20-26(14-22(32)15-33-20)30(40)35-23-10-8-21(9-11-23)17-38-27-6-4-5-7-28(27)39(31(38)41)24-12-13-29(34-16-24)37-18-25(19-37)36(2)3/h4-7,12-16,21,23,25H,8-11,17-19H2,1-3H3,(H,35,40)/t21-,23-. The van der Waals surface area contributed by atoms with Crippen LogP contribution in [0, 0.1) is 12.8 Å². The van der Waals surface area contributed by atoms with Gasteiger partial charge in [0.05, 0.1) is 39.2 Å². The summed E-state index contributed by atoms with van der Waals surface area (Å²) in [6.45, 7) is 4.38. The predicted molar refractivity (Wildman–Crippen MR) is 162 cm³/mol. The number of carbonyl (C=O) groups is 1. The first-order valence-electron chi connectivity index (χ1n) is 14.3. The van der Waals surface area contributed by atoms with E-state index in [0.29, 0.717) is 34.8 Å². The molecule has 4 heterocycles. The Morgan fingerprint density at radius 1 is 1.02 bits per heavy atom. The number of halogens is 1. The summed E-state index contributed by atoms with van der Waals surface area (Å²) in [5.74, 6) is 1.16. The lowest BCUT2D eigenvalue weighted by Crippen LogP contribution is -2.57. The smallest absolute Gasteiger partial charge is 0.333 e. The summed E-state index contributed by atoms with van der Waals surface area (Å²) in [5.41, 5.74) is 3.73. The van der Waals surface area contributed by atoms with Crippen LogP contribution in [0.2, 0.25) is 5.02 Å². The number of pyridine rings is 2. The van der Waals surface area contributed by atoms with Gasteiger partial charge >= 0.3 is 5.69 Å². The van der Waals surface area contributed by atoms with Gasteiger partial charge in [-0.1, -0.05) is 23.7 Å². The molecule has 0 unspecified atom stereocenters. The molecule has 214 valence electrons. The Labute approximate surface area is 244 Å². The quantitative estimate of drug-likeness (QED) is 0.355. The molecule has 1 aliphatic carbocycles. The number of fused-ring (bicyclic) bond motifs is 1. The van der Waals surface area contributed by atoms with Crippen molar-refractivity contribution in [1.82, 2.24) is 29.3 Å². The lowest BCUT2D eigenvalue weighted by Gasteiger charge is -2.43. The summed E-state index contributed by atoms with van der Waals surface area (Å²) >= 11 is 6.06. The highest BCUT2D eigenvalue weighted by molar-refractivity contribution is 6.30. The van der Waals surface area contributed by atoms with Crippen molar-refractivity contribution in [3.8, 4) is 5.69 Å². The summed E-state index contributed by atoms with van der Waals surface area (Å²) in [4.78, 5) is 40.0. The molecule has 0 bridgehead atoms. The SMILES string of the molecule is Cc1ncc(Cl)cc1C(=O)N[C@H]1CC[C@H](Cn2c(=O)n(-c3ccc(N4CC(N(C)C)C4)nc3)c3ccccc32)CC1. The van der Waals surface area contributed by atoms with Crippen LogP contribution >= 0.6 is 11.6 Å². The number of carbonyl (C=O) groups excluding carboxylic acids is 1. The number of nitrogens with one attached hydrogen (secondary N) is 1. The van der Waals surface area contributed by atoms with Crippen LogP contribution in [-0.2, 0) is 6.54 Å². The second-order valence-electron chi connectivity index (χ2n) is 11.6. The molecule has 0 spiro atoms. The monoisotopic (exact) mass is 573 g/mol. The lowest BCUT2D eigenvalue weighted by molar-refractivity contribution is 0.0919. The summed E-state index contributed by atoms with van der Waals surface area (Å²) < 4.78 is 3.68. The van der Waals surface area contributed by atoms with E-state index >= 15 is 0 Å². The molecule has 0 radical (unpaired) electrons. The number of amides is 1. The van der Waals surface area contributed by atoms with Gasteiger partial charge in [0.15, 0.2) is 0 Å². The molecule has 1 aliphatic heterocycles. The molecule has 2 aliphatic rings. The van der Waals surface area contributed by atoms with E-state index in [1.807, 2.05) is 54.1 Å². The van der Waals surface area contributed by atoms with Crippen molar-refractivity contribution >= 4 is 34.4 Å². The molecule has 1 saturated carbocycles. The van der Waals surface area contributed by atoms with Gasteiger partial charge in [-0.15, -0.1) is 0 Å². The van der Waals surface area contributed by atoms with E-state index in [1.54, 1.807) is 16.8 Å². The second kappa shape index (κ2) is 11.3. The van der Waals surface area contributed by atoms with Crippen LogP contribution in [0.4, 0.5) is 5.82 Å². The van der Waals surface area contributed by atoms with Gasteiger partial charge in [0, 0.05) is 37.9 Å². The zero-order chi connectivity index (χ0) is 28.7. The van der Waals surface area contributed by atoms with E-state index < -0.39 is 0 Å². The highest BCUT2D eigenvalue weighted by atomic mass is 35.5. The third-order valence-electron chi connectivity index (χ3n) is 8.66. The van der Waals surface area contributed by atoms with Crippen molar-refractivity contribution in [2.24, 2.45) is 5.92 Å². The number of rotatable bonds is 7. The minimum Gasteiger partial charge on any atom is -0.353 e. The molecule has 1 amide bonds. The van der Waals surface area contributed by atoms with Crippen molar-refractivity contribution in [2.75, 3.05) is 32.1 Å². The fourth-order valence-corrected chi connectivity index (χ4v) is 6.21. The van der Waals surface area contributed by atoms with Crippen molar-refractivity contribution in [3.63, 3.8) is 0 Å². The first-order chi connectivity index (χ1) is 19.8. The third kappa shape index (κ3) is 5.48. The van der Waals surface area contributed by atoms with E-state index in [4.69, 9.17) is 16.6 Å². The van der Waals surface area contributed by atoms with Crippen LogP contribution < -0.4 is 15.9 Å². The second-order valence-corrected chi connectivity index (χ2v) is 12.0. The van der Waals surface area contributed by atoms with Crippen molar-refractivity contribution in [1.29, 1.82) is 0 Å². The first kappa shape index (κ1) is 27.5. The molecule has 3 aromatic heterocycles. The molecule has 1 aromatic carbocycles. The number of hydrogen-bond donors (Lipinski definition) is 1. The number of aryl methyl sites for hydroxylation is 1. The van der Waals surface area contributed by atoms with Crippen LogP contribution in [0.25, 0.3) is 16.7 Å². The van der Waals surface area contributed by atoms with Crippen LogP contribution in [0.5, 0.6) is 0 Å². The molecule has 9 nitrogen and oxygen atoms in total. The zero-order valence-corrected chi connectivity index (χ0v) is 24.5. The maximum Gasteiger partial charge on any atom is 0.333 e. The molecule has 10 heteroatoms. The molecule has 4 aromatic rings. The van der Waals surface area contributed by atoms with Gasteiger partial charge in [-0.2, -0.15) is 0 Å². The van der Waals surface area contributed by atoms with Gasteiger partial charge in [0.1, 0.15) is 5.82 Å². The number of hydrogen-bond acceptors (Lipinski definition) is 6. The summed E-state index contributed by atoms with van der Waals surface area (Å²) in [5, 5.41) is 3.61. The summed E-state index contributed by atoms with van der Waals surface area (Å²) in [6.07, 6.45) is 6.97. The Morgan fingerprint density at radius 2 is 1.76 bits per heavy atom. The Morgan fingerprint density at radius 3 is 2.44 bits per heavy atom. The van der Waals surface area contributed by atoms with Gasteiger partial charge in [0.25, 0.3) is 5.91 Å². The summed E-state index contributed by atoms with van der Waals surface area (Å²) in [7, 11) is 4.21. The van der Waals surface area contributed by atoms with Gasteiger partial charge in [-0.25, -0.2) is 9.78 Å². The number of likely N-dealkylation sites (N-methyl/N-ethyl adjacent to an activating group) is 1. The van der Waals surface area contributed by atoms with E-state index in [9.17, 15) is 9.59 Å².